The minimum atomic E-state index is 0. The topological polar surface area (TPSA) is 58.5 Å². The van der Waals surface area contributed by atoms with E-state index in [1.54, 1.807) is 18.4 Å². The van der Waals surface area contributed by atoms with Crippen LogP contribution in [0.15, 0.2) is 10.4 Å². The summed E-state index contributed by atoms with van der Waals surface area (Å²) in [4.78, 5) is 8.79. The molecular formula is C17H31IN4OS. The van der Waals surface area contributed by atoms with E-state index in [1.165, 1.54) is 43.5 Å². The first-order chi connectivity index (χ1) is 11.3. The summed E-state index contributed by atoms with van der Waals surface area (Å²) in [5.41, 5.74) is 1.07. The molecule has 24 heavy (non-hydrogen) atoms. The molecular weight excluding hydrogens is 435 g/mol. The van der Waals surface area contributed by atoms with Crippen molar-refractivity contribution in [2.24, 2.45) is 4.99 Å². The summed E-state index contributed by atoms with van der Waals surface area (Å²) >= 11 is 1.72. The van der Waals surface area contributed by atoms with Crippen LogP contribution in [0.5, 0.6) is 0 Å². The fourth-order valence-corrected chi connectivity index (χ4v) is 3.54. The van der Waals surface area contributed by atoms with Gasteiger partial charge in [0.1, 0.15) is 0 Å². The molecule has 0 spiro atoms. The minimum absolute atomic E-state index is 0. The maximum absolute atomic E-state index is 5.98. The quantitative estimate of drug-likeness (QED) is 0.212. The van der Waals surface area contributed by atoms with Crippen molar-refractivity contribution in [2.45, 2.75) is 64.5 Å². The van der Waals surface area contributed by atoms with E-state index in [0.717, 1.165) is 31.2 Å². The van der Waals surface area contributed by atoms with E-state index in [0.29, 0.717) is 12.6 Å². The molecule has 0 saturated heterocycles. The number of hydrogen-bond donors (Lipinski definition) is 2. The number of aryl methyl sites for hydroxylation is 1. The summed E-state index contributed by atoms with van der Waals surface area (Å²) in [7, 11) is 1.79. The molecule has 7 heteroatoms. The molecule has 0 bridgehead atoms. The van der Waals surface area contributed by atoms with Gasteiger partial charge in [0.15, 0.2) is 5.96 Å². The van der Waals surface area contributed by atoms with Gasteiger partial charge in [0.2, 0.25) is 0 Å². The lowest BCUT2D eigenvalue weighted by Gasteiger charge is -2.16. The highest BCUT2D eigenvalue weighted by molar-refractivity contribution is 14.0. The van der Waals surface area contributed by atoms with Gasteiger partial charge in [-0.1, -0.05) is 32.6 Å². The lowest BCUT2D eigenvalue weighted by molar-refractivity contribution is 0.0468. The Morgan fingerprint density at radius 2 is 2.04 bits per heavy atom. The first kappa shape index (κ1) is 21.6. The maximum Gasteiger partial charge on any atom is 0.191 e. The molecule has 1 fully saturated rings. The zero-order valence-corrected chi connectivity index (χ0v) is 18.0. The molecule has 1 aliphatic rings. The van der Waals surface area contributed by atoms with Crippen molar-refractivity contribution in [2.75, 3.05) is 20.2 Å². The van der Waals surface area contributed by atoms with Gasteiger partial charge < -0.3 is 15.4 Å². The normalized spacial score (nSPS) is 16.3. The van der Waals surface area contributed by atoms with Gasteiger partial charge in [0.25, 0.3) is 0 Å². The summed E-state index contributed by atoms with van der Waals surface area (Å²) in [5, 5.41) is 9.89. The van der Waals surface area contributed by atoms with E-state index in [9.17, 15) is 0 Å². The third-order valence-electron chi connectivity index (χ3n) is 4.11. The average Bonchev–Trinajstić information content (AvgIpc) is 2.88. The van der Waals surface area contributed by atoms with E-state index in [4.69, 9.17) is 4.74 Å². The number of rotatable bonds is 7. The number of halogens is 1. The van der Waals surface area contributed by atoms with E-state index in [1.807, 2.05) is 0 Å². The summed E-state index contributed by atoms with van der Waals surface area (Å²) in [6.07, 6.45) is 9.25. The molecule has 1 aromatic heterocycles. The first-order valence-electron chi connectivity index (χ1n) is 8.81. The number of nitrogens with one attached hydrogen (secondary N) is 2. The molecule has 0 aliphatic heterocycles. The molecule has 0 radical (unpaired) electrons. The Hall–Kier alpha value is -0.410. The van der Waals surface area contributed by atoms with Gasteiger partial charge in [-0.15, -0.1) is 35.3 Å². The molecule has 5 nitrogen and oxygen atoms in total. The Morgan fingerprint density at radius 1 is 1.29 bits per heavy atom. The Balaban J connectivity index is 0.00000288. The fraction of sp³-hybridized carbons (Fsp3) is 0.765. The van der Waals surface area contributed by atoms with Crippen LogP contribution in [-0.4, -0.2) is 37.2 Å². The number of guanidine groups is 1. The van der Waals surface area contributed by atoms with Gasteiger partial charge >= 0.3 is 0 Å². The van der Waals surface area contributed by atoms with Crippen LogP contribution in [0.1, 0.15) is 56.2 Å². The SMILES string of the molecule is CCc1nc(CNC(=NC)NCCOC2CCCCCC2)cs1.I. The number of aliphatic imine (C=N–C) groups is 1. The molecule has 1 aromatic rings. The van der Waals surface area contributed by atoms with E-state index in [-0.39, 0.29) is 24.0 Å². The van der Waals surface area contributed by atoms with E-state index >= 15 is 0 Å². The van der Waals surface area contributed by atoms with Crippen molar-refractivity contribution < 1.29 is 4.74 Å². The number of nitrogens with zero attached hydrogens (tertiary/aromatic N) is 2. The fourth-order valence-electron chi connectivity index (χ4n) is 2.79. The maximum atomic E-state index is 5.98. The predicted molar refractivity (Wildman–Crippen MR) is 113 cm³/mol. The summed E-state index contributed by atoms with van der Waals surface area (Å²) in [6.45, 7) is 4.36. The van der Waals surface area contributed by atoms with Crippen molar-refractivity contribution in [3.8, 4) is 0 Å². The van der Waals surface area contributed by atoms with Crippen molar-refractivity contribution in [1.29, 1.82) is 0 Å². The average molecular weight is 466 g/mol. The molecule has 2 N–H and O–H groups in total. The second-order valence-electron chi connectivity index (χ2n) is 5.92. The molecule has 0 aromatic carbocycles. The molecule has 2 rings (SSSR count). The molecule has 1 saturated carbocycles. The van der Waals surface area contributed by atoms with Crippen LogP contribution < -0.4 is 10.6 Å². The van der Waals surface area contributed by atoms with E-state index in [2.05, 4.69) is 32.9 Å². The van der Waals surface area contributed by atoms with Crippen molar-refractivity contribution >= 4 is 41.3 Å². The van der Waals surface area contributed by atoms with Crippen LogP contribution >= 0.6 is 35.3 Å². The largest absolute Gasteiger partial charge is 0.376 e. The zero-order valence-electron chi connectivity index (χ0n) is 14.8. The smallest absolute Gasteiger partial charge is 0.191 e. The van der Waals surface area contributed by atoms with Crippen LogP contribution in [0.4, 0.5) is 0 Å². The molecule has 0 unspecified atom stereocenters. The standard InChI is InChI=1S/C17H30N4OS.HI/c1-3-16-21-14(13-23-16)12-20-17(18-2)19-10-11-22-15-8-6-4-5-7-9-15;/h13,15H,3-12H2,1-2H3,(H2,18,19,20);1H. The highest BCUT2D eigenvalue weighted by atomic mass is 127. The second-order valence-corrected chi connectivity index (χ2v) is 6.87. The summed E-state index contributed by atoms with van der Waals surface area (Å²) < 4.78 is 5.98. The third-order valence-corrected chi connectivity index (χ3v) is 5.15. The van der Waals surface area contributed by atoms with E-state index < -0.39 is 0 Å². The summed E-state index contributed by atoms with van der Waals surface area (Å²) in [6, 6.07) is 0. The highest BCUT2D eigenvalue weighted by Crippen LogP contribution is 2.19. The van der Waals surface area contributed by atoms with Crippen LogP contribution in [0, 0.1) is 0 Å². The Kier molecular flexibility index (Phi) is 11.6. The Morgan fingerprint density at radius 3 is 2.67 bits per heavy atom. The minimum Gasteiger partial charge on any atom is -0.376 e. The van der Waals surface area contributed by atoms with Crippen molar-refractivity contribution in [3.05, 3.63) is 16.1 Å². The van der Waals surface area contributed by atoms with Crippen molar-refractivity contribution in [3.63, 3.8) is 0 Å². The molecule has 138 valence electrons. The van der Waals surface area contributed by atoms with Crippen LogP contribution in [0.3, 0.4) is 0 Å². The molecule has 1 heterocycles. The summed E-state index contributed by atoms with van der Waals surface area (Å²) in [5.74, 6) is 0.806. The second kappa shape index (κ2) is 12.9. The van der Waals surface area contributed by atoms with Gasteiger partial charge in [-0.05, 0) is 19.3 Å². The van der Waals surface area contributed by atoms with Gasteiger partial charge in [-0.2, -0.15) is 0 Å². The molecule has 0 amide bonds. The third kappa shape index (κ3) is 8.11. The van der Waals surface area contributed by atoms with Crippen molar-refractivity contribution in [1.82, 2.24) is 15.6 Å². The van der Waals surface area contributed by atoms with Crippen LogP contribution in [0.2, 0.25) is 0 Å². The first-order valence-corrected chi connectivity index (χ1v) is 9.69. The van der Waals surface area contributed by atoms with Gasteiger partial charge in [-0.25, -0.2) is 4.98 Å². The monoisotopic (exact) mass is 466 g/mol. The molecule has 0 atom stereocenters. The van der Waals surface area contributed by atoms with Crippen LogP contribution in [0.25, 0.3) is 0 Å². The zero-order chi connectivity index (χ0) is 16.3. The van der Waals surface area contributed by atoms with Gasteiger partial charge in [-0.3, -0.25) is 4.99 Å². The van der Waals surface area contributed by atoms with Crippen LogP contribution in [-0.2, 0) is 17.7 Å². The number of aromatic nitrogens is 1. The Bertz CT molecular complexity index is 473. The Labute approximate surface area is 167 Å². The highest BCUT2D eigenvalue weighted by Gasteiger charge is 2.12. The number of thiazole rings is 1. The molecule has 1 aliphatic carbocycles. The lowest BCUT2D eigenvalue weighted by Crippen LogP contribution is -2.39. The number of ether oxygens (including phenoxy) is 1. The number of hydrogen-bond acceptors (Lipinski definition) is 4. The lowest BCUT2D eigenvalue weighted by atomic mass is 10.1. The van der Waals surface area contributed by atoms with Gasteiger partial charge in [0, 0.05) is 19.0 Å². The predicted octanol–water partition coefficient (Wildman–Crippen LogP) is 3.73. The van der Waals surface area contributed by atoms with Gasteiger partial charge in [0.05, 0.1) is 30.0 Å².